The van der Waals surface area contributed by atoms with Crippen LogP contribution in [0.15, 0.2) is 16.5 Å². The first-order chi connectivity index (χ1) is 10.0. The third-order valence-electron chi connectivity index (χ3n) is 2.88. The molecule has 7 nitrogen and oxygen atoms in total. The number of esters is 1. The van der Waals surface area contributed by atoms with Gasteiger partial charge in [0.25, 0.3) is 5.56 Å². The molecule has 0 fully saturated rings. The molecule has 0 aliphatic rings. The lowest BCUT2D eigenvalue weighted by atomic mass is 10.2. The van der Waals surface area contributed by atoms with E-state index < -0.39 is 11.9 Å². The minimum atomic E-state index is -0.530. The number of nitrogens with two attached hydrogens (primary N) is 1. The van der Waals surface area contributed by atoms with E-state index >= 15 is 0 Å². The largest absolute Gasteiger partial charge is 0.462 e. The molecular formula is C13H15N3O4S. The number of fused-ring (bicyclic) bond motifs is 1. The van der Waals surface area contributed by atoms with Gasteiger partial charge in [-0.25, -0.2) is 9.78 Å². The van der Waals surface area contributed by atoms with Gasteiger partial charge < -0.3 is 10.5 Å². The molecule has 2 rings (SSSR count). The summed E-state index contributed by atoms with van der Waals surface area (Å²) in [7, 11) is 0. The van der Waals surface area contributed by atoms with E-state index in [0.717, 1.165) is 0 Å². The number of carbonyl (C=O) groups is 2. The highest BCUT2D eigenvalue weighted by Crippen LogP contribution is 2.21. The molecule has 1 amide bonds. The van der Waals surface area contributed by atoms with Gasteiger partial charge in [0, 0.05) is 18.3 Å². The third kappa shape index (κ3) is 3.27. The SMILES string of the molecule is CCOC(=O)c1csc2ncn(CCCC(N)=O)c(=O)c12. The molecule has 0 aliphatic carbocycles. The van der Waals surface area contributed by atoms with Crippen molar-refractivity contribution >= 4 is 33.4 Å². The topological polar surface area (TPSA) is 104 Å². The van der Waals surface area contributed by atoms with E-state index in [9.17, 15) is 14.4 Å². The Bertz CT molecular complexity index is 735. The zero-order chi connectivity index (χ0) is 15.4. The van der Waals surface area contributed by atoms with Gasteiger partial charge in [0.05, 0.1) is 23.9 Å². The van der Waals surface area contributed by atoms with Crippen molar-refractivity contribution < 1.29 is 14.3 Å². The highest BCUT2D eigenvalue weighted by molar-refractivity contribution is 7.17. The van der Waals surface area contributed by atoms with E-state index in [1.54, 1.807) is 12.3 Å². The molecular weight excluding hydrogens is 294 g/mol. The highest BCUT2D eigenvalue weighted by atomic mass is 32.1. The van der Waals surface area contributed by atoms with Gasteiger partial charge in [-0.2, -0.15) is 0 Å². The van der Waals surface area contributed by atoms with Crippen LogP contribution in [0.25, 0.3) is 10.2 Å². The Balaban J connectivity index is 2.35. The minimum absolute atomic E-state index is 0.193. The molecule has 2 heterocycles. The fourth-order valence-electron chi connectivity index (χ4n) is 1.91. The van der Waals surface area contributed by atoms with Crippen LogP contribution in [0.3, 0.4) is 0 Å². The van der Waals surface area contributed by atoms with Crippen LogP contribution in [0.2, 0.25) is 0 Å². The zero-order valence-corrected chi connectivity index (χ0v) is 12.3. The predicted molar refractivity (Wildman–Crippen MR) is 78.3 cm³/mol. The molecule has 2 aromatic heterocycles. The Morgan fingerprint density at radius 3 is 2.90 bits per heavy atom. The number of amides is 1. The lowest BCUT2D eigenvalue weighted by molar-refractivity contribution is -0.118. The summed E-state index contributed by atoms with van der Waals surface area (Å²) in [6.07, 6.45) is 2.05. The van der Waals surface area contributed by atoms with E-state index in [-0.39, 0.29) is 29.5 Å². The molecule has 0 aromatic carbocycles. The van der Waals surface area contributed by atoms with Crippen LogP contribution in [0.5, 0.6) is 0 Å². The van der Waals surface area contributed by atoms with Crippen LogP contribution >= 0.6 is 11.3 Å². The van der Waals surface area contributed by atoms with Gasteiger partial charge in [-0.05, 0) is 13.3 Å². The standard InChI is InChI=1S/C13H15N3O4S/c1-2-20-13(19)8-6-21-11-10(8)12(18)16(7-15-11)5-3-4-9(14)17/h6-7H,2-5H2,1H3,(H2,14,17). The number of hydrogen-bond donors (Lipinski definition) is 1. The Hall–Kier alpha value is -2.22. The Morgan fingerprint density at radius 1 is 1.48 bits per heavy atom. The second-order valence-corrected chi connectivity index (χ2v) is 5.22. The smallest absolute Gasteiger partial charge is 0.339 e. The predicted octanol–water partition coefficient (Wildman–Crippen LogP) is 0.900. The molecule has 0 bridgehead atoms. The second-order valence-electron chi connectivity index (χ2n) is 4.36. The summed E-state index contributed by atoms with van der Waals surface area (Å²) in [6, 6.07) is 0. The summed E-state index contributed by atoms with van der Waals surface area (Å²) in [4.78, 5) is 39.6. The van der Waals surface area contributed by atoms with E-state index in [1.165, 1.54) is 22.2 Å². The van der Waals surface area contributed by atoms with Gasteiger partial charge in [-0.3, -0.25) is 14.2 Å². The van der Waals surface area contributed by atoms with Crippen molar-refractivity contribution in [3.8, 4) is 0 Å². The number of ether oxygens (including phenoxy) is 1. The number of aryl methyl sites for hydroxylation is 1. The fraction of sp³-hybridized carbons (Fsp3) is 0.385. The molecule has 21 heavy (non-hydrogen) atoms. The number of rotatable bonds is 6. The Labute approximate surface area is 124 Å². The van der Waals surface area contributed by atoms with Crippen molar-refractivity contribution in [2.24, 2.45) is 5.73 Å². The van der Waals surface area contributed by atoms with Crippen LogP contribution in [0.4, 0.5) is 0 Å². The van der Waals surface area contributed by atoms with E-state index in [0.29, 0.717) is 17.8 Å². The highest BCUT2D eigenvalue weighted by Gasteiger charge is 2.18. The molecule has 112 valence electrons. The summed E-state index contributed by atoms with van der Waals surface area (Å²) in [6.45, 7) is 2.26. The summed E-state index contributed by atoms with van der Waals surface area (Å²) in [5.74, 6) is -0.947. The van der Waals surface area contributed by atoms with Crippen LogP contribution < -0.4 is 11.3 Å². The van der Waals surface area contributed by atoms with E-state index in [1.807, 2.05) is 0 Å². The summed E-state index contributed by atoms with van der Waals surface area (Å²) in [5.41, 5.74) is 4.99. The summed E-state index contributed by atoms with van der Waals surface area (Å²) < 4.78 is 6.31. The van der Waals surface area contributed by atoms with Crippen LogP contribution in [0.1, 0.15) is 30.1 Å². The fourth-order valence-corrected chi connectivity index (χ4v) is 2.78. The van der Waals surface area contributed by atoms with Crippen molar-refractivity contribution in [3.63, 3.8) is 0 Å². The number of nitrogens with zero attached hydrogens (tertiary/aromatic N) is 2. The molecule has 8 heteroatoms. The van der Waals surface area contributed by atoms with Gasteiger partial charge in [0.1, 0.15) is 4.83 Å². The molecule has 2 aromatic rings. The number of primary amides is 1. The first-order valence-electron chi connectivity index (χ1n) is 6.46. The van der Waals surface area contributed by atoms with Gasteiger partial charge in [0.2, 0.25) is 5.91 Å². The van der Waals surface area contributed by atoms with Crippen molar-refractivity contribution in [3.05, 3.63) is 27.6 Å². The molecule has 0 aliphatic heterocycles. The molecule has 0 radical (unpaired) electrons. The number of carbonyl (C=O) groups excluding carboxylic acids is 2. The monoisotopic (exact) mass is 309 g/mol. The van der Waals surface area contributed by atoms with E-state index in [4.69, 9.17) is 10.5 Å². The van der Waals surface area contributed by atoms with E-state index in [2.05, 4.69) is 4.98 Å². The van der Waals surface area contributed by atoms with Gasteiger partial charge in [0.15, 0.2) is 0 Å². The third-order valence-corrected chi connectivity index (χ3v) is 3.76. The van der Waals surface area contributed by atoms with Crippen molar-refractivity contribution in [1.29, 1.82) is 0 Å². The van der Waals surface area contributed by atoms with Crippen molar-refractivity contribution in [2.75, 3.05) is 6.61 Å². The van der Waals surface area contributed by atoms with Gasteiger partial charge >= 0.3 is 5.97 Å². The Kier molecular flexibility index (Phi) is 4.69. The Morgan fingerprint density at radius 2 is 2.24 bits per heavy atom. The van der Waals surface area contributed by atoms with Crippen LogP contribution in [-0.2, 0) is 16.1 Å². The maximum atomic E-state index is 12.4. The molecule has 0 atom stereocenters. The molecule has 0 saturated carbocycles. The lowest BCUT2D eigenvalue weighted by Crippen LogP contribution is -2.22. The molecule has 0 spiro atoms. The first-order valence-corrected chi connectivity index (χ1v) is 7.34. The average Bonchev–Trinajstić information content (AvgIpc) is 2.86. The van der Waals surface area contributed by atoms with Crippen LogP contribution in [0, 0.1) is 0 Å². The number of thiophene rings is 1. The van der Waals surface area contributed by atoms with Crippen LogP contribution in [-0.4, -0.2) is 28.0 Å². The maximum absolute atomic E-state index is 12.4. The van der Waals surface area contributed by atoms with Crippen molar-refractivity contribution in [2.45, 2.75) is 26.3 Å². The first kappa shape index (κ1) is 15.2. The lowest BCUT2D eigenvalue weighted by Gasteiger charge is -2.05. The van der Waals surface area contributed by atoms with Gasteiger partial charge in [-0.1, -0.05) is 0 Å². The second kappa shape index (κ2) is 6.49. The molecule has 2 N–H and O–H groups in total. The maximum Gasteiger partial charge on any atom is 0.339 e. The summed E-state index contributed by atoms with van der Waals surface area (Å²) >= 11 is 1.22. The number of aromatic nitrogens is 2. The molecule has 0 unspecified atom stereocenters. The number of hydrogen-bond acceptors (Lipinski definition) is 6. The summed E-state index contributed by atoms with van der Waals surface area (Å²) in [5, 5.41) is 1.84. The minimum Gasteiger partial charge on any atom is -0.462 e. The average molecular weight is 309 g/mol. The van der Waals surface area contributed by atoms with Crippen molar-refractivity contribution in [1.82, 2.24) is 9.55 Å². The molecule has 0 saturated heterocycles. The quantitative estimate of drug-likeness (QED) is 0.798. The normalized spacial score (nSPS) is 10.7. The van der Waals surface area contributed by atoms with Gasteiger partial charge in [-0.15, -0.1) is 11.3 Å². The zero-order valence-electron chi connectivity index (χ0n) is 11.5.